The van der Waals surface area contributed by atoms with Crippen LogP contribution in [0.2, 0.25) is 5.02 Å². The van der Waals surface area contributed by atoms with Gasteiger partial charge in [0.2, 0.25) is 0 Å². The van der Waals surface area contributed by atoms with Crippen LogP contribution in [0.5, 0.6) is 0 Å². The van der Waals surface area contributed by atoms with Gasteiger partial charge >= 0.3 is 0 Å². The maximum Gasteiger partial charge on any atom is 0.267 e. The van der Waals surface area contributed by atoms with Crippen LogP contribution >= 0.6 is 34.7 Å². The number of aryl methyl sites for hydroxylation is 2. The number of halogens is 1. The van der Waals surface area contributed by atoms with E-state index in [2.05, 4.69) is 6.92 Å². The molecule has 0 amide bonds. The molecule has 1 atom stereocenters. The van der Waals surface area contributed by atoms with E-state index in [1.807, 2.05) is 19.1 Å². The van der Waals surface area contributed by atoms with Gasteiger partial charge in [0.25, 0.3) is 5.56 Å². The Labute approximate surface area is 176 Å². The zero-order chi connectivity index (χ0) is 20.0. The third-order valence-corrected chi connectivity index (χ3v) is 7.76. The quantitative estimate of drug-likeness (QED) is 0.419. The summed E-state index contributed by atoms with van der Waals surface area (Å²) in [6.45, 7) is 5.72. The van der Waals surface area contributed by atoms with Crippen molar-refractivity contribution in [3.63, 3.8) is 0 Å². The summed E-state index contributed by atoms with van der Waals surface area (Å²) >= 11 is 9.26. The summed E-state index contributed by atoms with van der Waals surface area (Å²) in [6.07, 6.45) is 3.01. The predicted octanol–water partition coefficient (Wildman–Crippen LogP) is 5.21. The number of hydrogen-bond donors (Lipinski definition) is 0. The average molecular weight is 433 g/mol. The van der Waals surface area contributed by atoms with Crippen LogP contribution in [0, 0.1) is 12.8 Å². The number of nitrogens with zero attached hydrogens (tertiary/aromatic N) is 2. The summed E-state index contributed by atoms with van der Waals surface area (Å²) in [6, 6.07) is 5.58. The average Bonchev–Trinajstić information content (AvgIpc) is 3.00. The number of carbonyl (C=O) groups is 1. The van der Waals surface area contributed by atoms with E-state index in [0.717, 1.165) is 40.6 Å². The molecule has 4 nitrogen and oxygen atoms in total. The molecule has 3 aromatic rings. The topological polar surface area (TPSA) is 52.0 Å². The highest BCUT2D eigenvalue weighted by molar-refractivity contribution is 7.99. The number of benzene rings is 1. The van der Waals surface area contributed by atoms with E-state index in [0.29, 0.717) is 21.8 Å². The summed E-state index contributed by atoms with van der Waals surface area (Å²) in [5, 5.41) is 1.88. The summed E-state index contributed by atoms with van der Waals surface area (Å²) in [4.78, 5) is 32.0. The molecule has 2 heterocycles. The molecular formula is C21H21ClN2O2S2. The Morgan fingerprint density at radius 2 is 2.21 bits per heavy atom. The summed E-state index contributed by atoms with van der Waals surface area (Å²) in [5.74, 6) is 0.956. The van der Waals surface area contributed by atoms with Gasteiger partial charge in [-0.15, -0.1) is 11.3 Å². The first-order valence-corrected chi connectivity index (χ1v) is 11.5. The fraction of sp³-hybridized carbons (Fsp3) is 0.381. The Bertz CT molecular complexity index is 1150. The molecule has 1 aliphatic carbocycles. The Morgan fingerprint density at radius 3 is 2.93 bits per heavy atom. The first-order chi connectivity index (χ1) is 13.3. The highest BCUT2D eigenvalue weighted by Crippen LogP contribution is 2.37. The van der Waals surface area contributed by atoms with Crippen LogP contribution in [0.1, 0.15) is 36.3 Å². The third kappa shape index (κ3) is 3.53. The Morgan fingerprint density at radius 1 is 1.43 bits per heavy atom. The smallest absolute Gasteiger partial charge is 0.267 e. The number of ketones is 1. The van der Waals surface area contributed by atoms with Crippen LogP contribution < -0.4 is 5.56 Å². The number of Topliss-reactive ketones (excluding diaryl/α,β-unsaturated/α-hetero) is 1. The number of thioether (sulfide) groups is 1. The number of carbonyl (C=O) groups excluding carboxylic acids is 1. The lowest BCUT2D eigenvalue weighted by Crippen LogP contribution is -2.23. The second-order valence-electron chi connectivity index (χ2n) is 7.49. The lowest BCUT2D eigenvalue weighted by atomic mass is 9.89. The van der Waals surface area contributed by atoms with Gasteiger partial charge in [-0.1, -0.05) is 36.4 Å². The standard InChI is InChI=1S/C21H21ClN2O2S2/c1-11-4-7-15-17(8-11)28-19-18(15)20(26)24(21(23-19)27-10-13(3)25)14-6-5-12(2)16(22)9-14/h5-6,9,11H,4,7-8,10H2,1-3H3. The number of hydrogen-bond acceptors (Lipinski definition) is 5. The van der Waals surface area contributed by atoms with Crippen LogP contribution in [0.15, 0.2) is 28.2 Å². The lowest BCUT2D eigenvalue weighted by Gasteiger charge is -2.18. The predicted molar refractivity (Wildman–Crippen MR) is 118 cm³/mol. The van der Waals surface area contributed by atoms with Gasteiger partial charge in [0.1, 0.15) is 10.6 Å². The van der Waals surface area contributed by atoms with E-state index in [-0.39, 0.29) is 17.1 Å². The molecule has 0 spiro atoms. The Balaban J connectivity index is 1.97. The van der Waals surface area contributed by atoms with E-state index in [9.17, 15) is 9.59 Å². The van der Waals surface area contributed by atoms with Gasteiger partial charge in [-0.2, -0.15) is 0 Å². The summed E-state index contributed by atoms with van der Waals surface area (Å²) in [7, 11) is 0. The molecule has 1 unspecified atom stereocenters. The molecule has 1 aromatic carbocycles. The molecule has 1 aliphatic rings. The molecule has 4 rings (SSSR count). The SMILES string of the molecule is CC(=O)CSc1nc2sc3c(c2c(=O)n1-c1ccc(C)c(Cl)c1)CCC(C)C3. The fourth-order valence-corrected chi connectivity index (χ4v) is 5.99. The molecule has 0 aliphatic heterocycles. The third-order valence-electron chi connectivity index (χ3n) is 5.12. The van der Waals surface area contributed by atoms with Crippen molar-refractivity contribution < 1.29 is 4.79 Å². The normalized spacial score (nSPS) is 16.4. The second kappa shape index (κ2) is 7.65. The first kappa shape index (κ1) is 19.7. The lowest BCUT2D eigenvalue weighted by molar-refractivity contribution is -0.114. The van der Waals surface area contributed by atoms with Crippen molar-refractivity contribution in [2.24, 2.45) is 5.92 Å². The summed E-state index contributed by atoms with van der Waals surface area (Å²) in [5.41, 5.74) is 2.73. The van der Waals surface area contributed by atoms with E-state index in [1.165, 1.54) is 16.6 Å². The van der Waals surface area contributed by atoms with Gasteiger partial charge in [-0.05, 0) is 62.3 Å². The van der Waals surface area contributed by atoms with Crippen molar-refractivity contribution in [3.8, 4) is 5.69 Å². The van der Waals surface area contributed by atoms with Crippen molar-refractivity contribution in [3.05, 3.63) is 49.6 Å². The largest absolute Gasteiger partial charge is 0.299 e. The van der Waals surface area contributed by atoms with E-state index in [1.54, 1.807) is 28.9 Å². The molecular weight excluding hydrogens is 412 g/mol. The molecule has 0 bridgehead atoms. The van der Waals surface area contributed by atoms with E-state index < -0.39 is 0 Å². The maximum atomic E-state index is 13.6. The van der Waals surface area contributed by atoms with Gasteiger partial charge in [-0.25, -0.2) is 4.98 Å². The van der Waals surface area contributed by atoms with Crippen molar-refractivity contribution >= 4 is 50.7 Å². The van der Waals surface area contributed by atoms with Crippen molar-refractivity contribution in [2.45, 2.75) is 45.2 Å². The molecule has 0 radical (unpaired) electrons. The number of aromatic nitrogens is 2. The zero-order valence-corrected chi connectivity index (χ0v) is 18.4. The minimum Gasteiger partial charge on any atom is -0.299 e. The van der Waals surface area contributed by atoms with Gasteiger partial charge in [0.15, 0.2) is 5.16 Å². The summed E-state index contributed by atoms with van der Waals surface area (Å²) < 4.78 is 1.62. The number of fused-ring (bicyclic) bond motifs is 3. The second-order valence-corrected chi connectivity index (χ2v) is 9.92. The molecule has 0 fully saturated rings. The molecule has 2 aromatic heterocycles. The fourth-order valence-electron chi connectivity index (χ4n) is 3.58. The van der Waals surface area contributed by atoms with Crippen molar-refractivity contribution in [1.29, 1.82) is 0 Å². The Hall–Kier alpha value is -1.63. The highest BCUT2D eigenvalue weighted by Gasteiger charge is 2.25. The van der Waals surface area contributed by atoms with Gasteiger partial charge < -0.3 is 0 Å². The number of thiophene rings is 1. The minimum absolute atomic E-state index is 0.0483. The highest BCUT2D eigenvalue weighted by atomic mass is 35.5. The van der Waals surface area contributed by atoms with E-state index >= 15 is 0 Å². The molecule has 146 valence electrons. The van der Waals surface area contributed by atoms with Gasteiger partial charge in [0.05, 0.1) is 16.8 Å². The molecule has 0 saturated heterocycles. The van der Waals surface area contributed by atoms with Gasteiger partial charge in [-0.3, -0.25) is 14.2 Å². The van der Waals surface area contributed by atoms with Gasteiger partial charge in [0, 0.05) is 9.90 Å². The monoisotopic (exact) mass is 432 g/mol. The van der Waals surface area contributed by atoms with Crippen LogP contribution in [0.25, 0.3) is 15.9 Å². The first-order valence-electron chi connectivity index (χ1n) is 9.31. The Kier molecular flexibility index (Phi) is 5.38. The molecule has 0 saturated carbocycles. The maximum absolute atomic E-state index is 13.6. The van der Waals surface area contributed by atoms with E-state index in [4.69, 9.17) is 16.6 Å². The minimum atomic E-state index is -0.0666. The molecule has 7 heteroatoms. The van der Waals surface area contributed by atoms with Crippen LogP contribution in [0.3, 0.4) is 0 Å². The van der Waals surface area contributed by atoms with Crippen LogP contribution in [0.4, 0.5) is 0 Å². The van der Waals surface area contributed by atoms with Crippen molar-refractivity contribution in [2.75, 3.05) is 5.75 Å². The molecule has 28 heavy (non-hydrogen) atoms. The van der Waals surface area contributed by atoms with Crippen molar-refractivity contribution in [1.82, 2.24) is 9.55 Å². The van der Waals surface area contributed by atoms with Crippen LogP contribution in [-0.2, 0) is 17.6 Å². The zero-order valence-electron chi connectivity index (χ0n) is 16.0. The molecule has 0 N–H and O–H groups in total. The van der Waals surface area contributed by atoms with Crippen LogP contribution in [-0.4, -0.2) is 21.1 Å². The number of rotatable bonds is 4.